The molecule has 0 aliphatic rings. The smallest absolute Gasteiger partial charge is 0.416 e. The quantitative estimate of drug-likeness (QED) is 0.293. The molecule has 1 heterocycles. The predicted molar refractivity (Wildman–Crippen MR) is 134 cm³/mol. The van der Waals surface area contributed by atoms with Crippen LogP contribution < -0.4 is 15.4 Å². The van der Waals surface area contributed by atoms with E-state index in [1.54, 1.807) is 12.1 Å². The number of hydrogen-bond acceptors (Lipinski definition) is 5. The van der Waals surface area contributed by atoms with Crippen molar-refractivity contribution >= 4 is 17.7 Å². The lowest BCUT2D eigenvalue weighted by Gasteiger charge is -2.21. The number of rotatable bonds is 11. The Labute approximate surface area is 212 Å². The number of ether oxygens (including phenoxy) is 1. The monoisotopic (exact) mass is 515 g/mol. The van der Waals surface area contributed by atoms with E-state index >= 15 is 0 Å². The third-order valence-corrected chi connectivity index (χ3v) is 5.70. The lowest BCUT2D eigenvalue weighted by molar-refractivity contribution is -0.138. The van der Waals surface area contributed by atoms with Gasteiger partial charge in [0.05, 0.1) is 30.7 Å². The minimum absolute atomic E-state index is 0.0248. The summed E-state index contributed by atoms with van der Waals surface area (Å²) in [4.78, 5) is 27.0. The minimum Gasteiger partial charge on any atom is -0.496 e. The number of hydrogen-bond donors (Lipinski definition) is 3. The SMILES string of the molecule is CCCC(Nc1ccc(C(=O)NCCC(=O)O)cn1)c1ccc(-c2ccc(C(F)(F)F)cc2)c(OC)c1. The summed E-state index contributed by atoms with van der Waals surface area (Å²) in [5, 5.41) is 14.6. The molecule has 7 nitrogen and oxygen atoms in total. The number of carboxylic acids is 1. The van der Waals surface area contributed by atoms with Crippen molar-refractivity contribution < 1.29 is 32.6 Å². The number of nitrogens with zero attached hydrogens (tertiary/aromatic N) is 1. The van der Waals surface area contributed by atoms with Gasteiger partial charge in [0.2, 0.25) is 0 Å². The molecule has 3 N–H and O–H groups in total. The lowest BCUT2D eigenvalue weighted by atomic mass is 9.96. The fraction of sp³-hybridized carbons (Fsp3) is 0.296. The van der Waals surface area contributed by atoms with Gasteiger partial charge in [0.1, 0.15) is 11.6 Å². The van der Waals surface area contributed by atoms with Crippen LogP contribution in [0.3, 0.4) is 0 Å². The first-order chi connectivity index (χ1) is 17.6. The van der Waals surface area contributed by atoms with E-state index in [-0.39, 0.29) is 19.0 Å². The van der Waals surface area contributed by atoms with Crippen LogP contribution in [-0.4, -0.2) is 35.6 Å². The normalized spacial score (nSPS) is 12.0. The van der Waals surface area contributed by atoms with E-state index in [0.29, 0.717) is 28.3 Å². The second-order valence-corrected chi connectivity index (χ2v) is 8.35. The van der Waals surface area contributed by atoms with Crippen molar-refractivity contribution in [2.24, 2.45) is 0 Å². The summed E-state index contributed by atoms with van der Waals surface area (Å²) in [6.07, 6.45) is -1.52. The molecule has 3 rings (SSSR count). The Balaban J connectivity index is 1.77. The molecule has 0 saturated heterocycles. The Hall–Kier alpha value is -4.08. The van der Waals surface area contributed by atoms with E-state index in [0.717, 1.165) is 30.5 Å². The Morgan fingerprint density at radius 1 is 1.08 bits per heavy atom. The van der Waals surface area contributed by atoms with Crippen molar-refractivity contribution in [1.29, 1.82) is 0 Å². The van der Waals surface area contributed by atoms with Gasteiger partial charge in [0.25, 0.3) is 5.91 Å². The third-order valence-electron chi connectivity index (χ3n) is 5.70. The number of aromatic nitrogens is 1. The molecule has 1 atom stereocenters. The van der Waals surface area contributed by atoms with Crippen LogP contribution in [0, 0.1) is 0 Å². The molecule has 0 fully saturated rings. The second-order valence-electron chi connectivity index (χ2n) is 8.35. The Morgan fingerprint density at radius 2 is 1.81 bits per heavy atom. The van der Waals surface area contributed by atoms with Gasteiger partial charge in [-0.1, -0.05) is 37.6 Å². The number of methoxy groups -OCH3 is 1. The van der Waals surface area contributed by atoms with Crippen molar-refractivity contribution in [1.82, 2.24) is 10.3 Å². The Bertz CT molecular complexity index is 1210. The summed E-state index contributed by atoms with van der Waals surface area (Å²) < 4.78 is 44.3. The highest BCUT2D eigenvalue weighted by molar-refractivity contribution is 5.94. The molecule has 196 valence electrons. The molecule has 0 saturated carbocycles. The maximum absolute atomic E-state index is 12.9. The second kappa shape index (κ2) is 12.2. The van der Waals surface area contributed by atoms with E-state index in [1.165, 1.54) is 25.4 Å². The first kappa shape index (κ1) is 27.5. The number of halogens is 3. The van der Waals surface area contributed by atoms with Crippen LogP contribution in [0.4, 0.5) is 19.0 Å². The molecule has 0 radical (unpaired) electrons. The maximum Gasteiger partial charge on any atom is 0.416 e. The first-order valence-electron chi connectivity index (χ1n) is 11.7. The molecule has 3 aromatic rings. The average Bonchev–Trinajstić information content (AvgIpc) is 2.87. The highest BCUT2D eigenvalue weighted by Gasteiger charge is 2.30. The fourth-order valence-corrected chi connectivity index (χ4v) is 3.79. The lowest BCUT2D eigenvalue weighted by Crippen LogP contribution is -2.26. The molecule has 0 aliphatic carbocycles. The van der Waals surface area contributed by atoms with E-state index in [4.69, 9.17) is 9.84 Å². The molecule has 1 unspecified atom stereocenters. The van der Waals surface area contributed by atoms with Crippen LogP contribution in [-0.2, 0) is 11.0 Å². The third kappa shape index (κ3) is 7.45. The molecule has 37 heavy (non-hydrogen) atoms. The Kier molecular flexibility index (Phi) is 9.10. The minimum atomic E-state index is -4.40. The molecule has 10 heteroatoms. The van der Waals surface area contributed by atoms with Crippen LogP contribution in [0.2, 0.25) is 0 Å². The number of pyridine rings is 1. The van der Waals surface area contributed by atoms with Crippen molar-refractivity contribution in [3.63, 3.8) is 0 Å². The van der Waals surface area contributed by atoms with Gasteiger partial charge in [-0.15, -0.1) is 0 Å². The predicted octanol–water partition coefficient (Wildman–Crippen LogP) is 5.93. The zero-order chi connectivity index (χ0) is 27.0. The van der Waals surface area contributed by atoms with Crippen molar-refractivity contribution in [3.05, 3.63) is 77.5 Å². The molecule has 0 spiro atoms. The van der Waals surface area contributed by atoms with Gasteiger partial charge in [-0.3, -0.25) is 9.59 Å². The first-order valence-corrected chi connectivity index (χ1v) is 11.7. The van der Waals surface area contributed by atoms with Crippen LogP contribution in [0.5, 0.6) is 5.75 Å². The van der Waals surface area contributed by atoms with Gasteiger partial charge in [-0.05, 0) is 47.9 Å². The van der Waals surface area contributed by atoms with Gasteiger partial charge in [-0.2, -0.15) is 13.2 Å². The number of anilines is 1. The number of nitrogens with one attached hydrogen (secondary N) is 2. The highest BCUT2D eigenvalue weighted by atomic mass is 19.4. The number of amides is 1. The number of carboxylic acid groups (broad SMARTS) is 1. The van der Waals surface area contributed by atoms with Gasteiger partial charge in [0.15, 0.2) is 0 Å². The average molecular weight is 516 g/mol. The number of benzene rings is 2. The van der Waals surface area contributed by atoms with Gasteiger partial charge in [0, 0.05) is 18.3 Å². The number of aliphatic carboxylic acids is 1. The van der Waals surface area contributed by atoms with Gasteiger partial charge < -0.3 is 20.5 Å². The highest BCUT2D eigenvalue weighted by Crippen LogP contribution is 2.36. The number of alkyl halides is 3. The summed E-state index contributed by atoms with van der Waals surface area (Å²) in [6.45, 7) is 2.07. The zero-order valence-electron chi connectivity index (χ0n) is 20.4. The fourth-order valence-electron chi connectivity index (χ4n) is 3.79. The summed E-state index contributed by atoms with van der Waals surface area (Å²) >= 11 is 0. The molecular weight excluding hydrogens is 487 g/mol. The van der Waals surface area contributed by atoms with Gasteiger partial charge >= 0.3 is 12.1 Å². The number of carbonyl (C=O) groups excluding carboxylic acids is 1. The van der Waals surface area contributed by atoms with Crippen LogP contribution in [0.25, 0.3) is 11.1 Å². The van der Waals surface area contributed by atoms with E-state index in [2.05, 4.69) is 15.6 Å². The van der Waals surface area contributed by atoms with Crippen LogP contribution >= 0.6 is 0 Å². The summed E-state index contributed by atoms with van der Waals surface area (Å²) in [7, 11) is 1.51. The van der Waals surface area contributed by atoms with Crippen LogP contribution in [0.15, 0.2) is 60.8 Å². The molecule has 1 aromatic heterocycles. The van der Waals surface area contributed by atoms with Crippen molar-refractivity contribution in [3.8, 4) is 16.9 Å². The number of carbonyl (C=O) groups is 2. The molecule has 1 amide bonds. The summed E-state index contributed by atoms with van der Waals surface area (Å²) in [5.41, 5.74) is 1.79. The standard InChI is InChI=1S/C27H28F3N3O4/c1-3-4-22(33-24-12-8-19(16-32-24)26(36)31-14-13-25(34)35)18-7-11-21(23(15-18)37-2)17-5-9-20(10-6-17)27(28,29)30/h5-12,15-16,22H,3-4,13-14H2,1-2H3,(H,31,36)(H,32,33)(H,34,35). The molecular formula is C27H28F3N3O4. The zero-order valence-corrected chi connectivity index (χ0v) is 20.4. The summed E-state index contributed by atoms with van der Waals surface area (Å²) in [5.74, 6) is -0.328. The topological polar surface area (TPSA) is 101 Å². The largest absolute Gasteiger partial charge is 0.496 e. The van der Waals surface area contributed by atoms with E-state index in [9.17, 15) is 22.8 Å². The van der Waals surface area contributed by atoms with E-state index < -0.39 is 23.6 Å². The Morgan fingerprint density at radius 3 is 2.38 bits per heavy atom. The van der Waals surface area contributed by atoms with Gasteiger partial charge in [-0.25, -0.2) is 4.98 Å². The maximum atomic E-state index is 12.9. The van der Waals surface area contributed by atoms with Crippen molar-refractivity contribution in [2.75, 3.05) is 19.0 Å². The van der Waals surface area contributed by atoms with E-state index in [1.807, 2.05) is 25.1 Å². The molecule has 2 aromatic carbocycles. The van der Waals surface area contributed by atoms with Crippen LogP contribution in [0.1, 0.15) is 53.7 Å². The molecule has 0 aliphatic heterocycles. The molecule has 0 bridgehead atoms. The summed E-state index contributed by atoms with van der Waals surface area (Å²) in [6, 6.07) is 13.6. The van der Waals surface area contributed by atoms with Crippen molar-refractivity contribution in [2.45, 2.75) is 38.4 Å².